The molecule has 5 nitrogen and oxygen atoms in total. The average molecular weight is 545 g/mol. The molecule has 0 saturated carbocycles. The standard InChI is InChI=1S/C20H41IO5Si2/c1-13-16(25-27(9,10)19(3,4)5)17(26-28(11,12)20(6,7)8)15(21)18(23-13)24-14(2)22/h13,15-18H,1-12H3/t13-,15-,16+,17-,18+/m0/s1. The molecule has 0 bridgehead atoms. The molecule has 0 N–H and O–H groups in total. The molecule has 0 aromatic heterocycles. The van der Waals surface area contributed by atoms with Crippen molar-refractivity contribution < 1.29 is 23.1 Å². The van der Waals surface area contributed by atoms with Gasteiger partial charge in [0, 0.05) is 6.92 Å². The molecule has 1 aliphatic rings. The van der Waals surface area contributed by atoms with Crippen molar-refractivity contribution in [3.63, 3.8) is 0 Å². The molecule has 1 fully saturated rings. The van der Waals surface area contributed by atoms with E-state index in [1.807, 2.05) is 6.92 Å². The van der Waals surface area contributed by atoms with Crippen LogP contribution in [-0.4, -0.2) is 51.1 Å². The molecule has 0 unspecified atom stereocenters. The summed E-state index contributed by atoms with van der Waals surface area (Å²) in [6.07, 6.45) is -1.23. The monoisotopic (exact) mass is 544 g/mol. The fourth-order valence-electron chi connectivity index (χ4n) is 2.55. The van der Waals surface area contributed by atoms with Crippen molar-refractivity contribution in [2.75, 3.05) is 0 Å². The van der Waals surface area contributed by atoms with Crippen LogP contribution in [0.5, 0.6) is 0 Å². The lowest BCUT2D eigenvalue weighted by Crippen LogP contribution is -2.63. The van der Waals surface area contributed by atoms with E-state index in [1.54, 1.807) is 0 Å². The summed E-state index contributed by atoms with van der Waals surface area (Å²) in [7, 11) is -4.10. The number of halogens is 1. The Kier molecular flexibility index (Phi) is 8.48. The van der Waals surface area contributed by atoms with Gasteiger partial charge in [0.25, 0.3) is 0 Å². The van der Waals surface area contributed by atoms with E-state index in [-0.39, 0.29) is 38.3 Å². The molecule has 0 radical (unpaired) electrons. The highest BCUT2D eigenvalue weighted by Gasteiger charge is 2.52. The first-order valence-electron chi connectivity index (χ1n) is 10.1. The third-order valence-electron chi connectivity index (χ3n) is 6.46. The Hall–Kier alpha value is 0.514. The summed E-state index contributed by atoms with van der Waals surface area (Å²) in [5.41, 5.74) is 0. The molecule has 1 saturated heterocycles. The quantitative estimate of drug-likeness (QED) is 0.187. The Labute approximate surface area is 188 Å². The smallest absolute Gasteiger partial charge is 0.304 e. The van der Waals surface area contributed by atoms with Gasteiger partial charge in [-0.2, -0.15) is 0 Å². The summed E-state index contributed by atoms with van der Waals surface area (Å²) in [5, 5.41) is 0.158. The molecule has 28 heavy (non-hydrogen) atoms. The summed E-state index contributed by atoms with van der Waals surface area (Å²) < 4.78 is 25.1. The van der Waals surface area contributed by atoms with Crippen LogP contribution in [0, 0.1) is 0 Å². The lowest BCUT2D eigenvalue weighted by atomic mass is 10.0. The first-order valence-corrected chi connectivity index (χ1v) is 17.2. The number of rotatable bonds is 5. The zero-order chi connectivity index (χ0) is 22.3. The molecule has 1 rings (SSSR count). The number of esters is 1. The number of hydrogen-bond acceptors (Lipinski definition) is 5. The zero-order valence-corrected chi connectivity index (χ0v) is 24.0. The van der Waals surface area contributed by atoms with Crippen LogP contribution in [0.4, 0.5) is 0 Å². The molecule has 5 atom stereocenters. The Morgan fingerprint density at radius 3 is 1.64 bits per heavy atom. The van der Waals surface area contributed by atoms with E-state index in [0.717, 1.165) is 0 Å². The molecule has 8 heteroatoms. The maximum Gasteiger partial charge on any atom is 0.304 e. The maximum atomic E-state index is 11.6. The van der Waals surface area contributed by atoms with E-state index >= 15 is 0 Å². The van der Waals surface area contributed by atoms with Crippen molar-refractivity contribution in [2.45, 2.75) is 120 Å². The van der Waals surface area contributed by atoms with Crippen molar-refractivity contribution in [3.05, 3.63) is 0 Å². The largest absolute Gasteiger partial charge is 0.435 e. The Morgan fingerprint density at radius 2 is 1.29 bits per heavy atom. The SMILES string of the molecule is CC(=O)O[C@H]1O[C@@H](C)[C@@H](O[Si](C)(C)C(C)(C)C)[C@@H](O[Si](C)(C)C(C)(C)C)[C@@H]1I. The van der Waals surface area contributed by atoms with E-state index in [4.69, 9.17) is 18.3 Å². The summed E-state index contributed by atoms with van der Waals surface area (Å²) in [6, 6.07) is 0. The average Bonchev–Trinajstić information content (AvgIpc) is 2.45. The highest BCUT2D eigenvalue weighted by molar-refractivity contribution is 14.1. The van der Waals surface area contributed by atoms with Gasteiger partial charge in [-0.1, -0.05) is 64.1 Å². The highest BCUT2D eigenvalue weighted by atomic mass is 127. The Balaban J connectivity index is 3.28. The van der Waals surface area contributed by atoms with Gasteiger partial charge in [-0.3, -0.25) is 4.79 Å². The van der Waals surface area contributed by atoms with Crippen LogP contribution in [0.1, 0.15) is 55.4 Å². The van der Waals surface area contributed by atoms with Crippen LogP contribution in [-0.2, 0) is 23.1 Å². The fourth-order valence-corrected chi connectivity index (χ4v) is 6.38. The van der Waals surface area contributed by atoms with Crippen LogP contribution in [0.25, 0.3) is 0 Å². The van der Waals surface area contributed by atoms with E-state index in [1.165, 1.54) is 6.92 Å². The molecular formula is C20H41IO5Si2. The zero-order valence-electron chi connectivity index (χ0n) is 19.8. The fraction of sp³-hybridized carbons (Fsp3) is 0.950. The summed E-state index contributed by atoms with van der Waals surface area (Å²) in [4.78, 5) is 11.6. The maximum absolute atomic E-state index is 11.6. The van der Waals surface area contributed by atoms with Gasteiger partial charge < -0.3 is 18.3 Å². The van der Waals surface area contributed by atoms with E-state index in [9.17, 15) is 4.79 Å². The first kappa shape index (κ1) is 26.5. The molecule has 1 aliphatic heterocycles. The molecular weight excluding hydrogens is 503 g/mol. The Morgan fingerprint density at radius 1 is 0.893 bits per heavy atom. The minimum absolute atomic E-state index is 0.0728. The second kappa shape index (κ2) is 8.94. The van der Waals surface area contributed by atoms with Crippen LogP contribution in [0.15, 0.2) is 0 Å². The summed E-state index contributed by atoms with van der Waals surface area (Å²) in [5.74, 6) is -0.339. The van der Waals surface area contributed by atoms with E-state index in [2.05, 4.69) is 90.3 Å². The minimum Gasteiger partial charge on any atom is -0.435 e. The van der Waals surface area contributed by atoms with Gasteiger partial charge in [0.05, 0.1) is 18.3 Å². The summed E-state index contributed by atoms with van der Waals surface area (Å²) >= 11 is 2.31. The van der Waals surface area contributed by atoms with Crippen molar-refractivity contribution in [1.29, 1.82) is 0 Å². The molecule has 0 aliphatic carbocycles. The van der Waals surface area contributed by atoms with Gasteiger partial charge in [0.1, 0.15) is 3.92 Å². The highest BCUT2D eigenvalue weighted by Crippen LogP contribution is 2.44. The Bertz CT molecular complexity index is 554. The van der Waals surface area contributed by atoms with Gasteiger partial charge in [-0.05, 0) is 43.2 Å². The number of ether oxygens (including phenoxy) is 2. The molecule has 0 aromatic carbocycles. The van der Waals surface area contributed by atoms with Crippen molar-refractivity contribution in [3.8, 4) is 0 Å². The van der Waals surface area contributed by atoms with Crippen LogP contribution < -0.4 is 0 Å². The van der Waals surface area contributed by atoms with Crippen LogP contribution in [0.3, 0.4) is 0 Å². The third kappa shape index (κ3) is 6.26. The van der Waals surface area contributed by atoms with Gasteiger partial charge >= 0.3 is 5.97 Å². The lowest BCUT2D eigenvalue weighted by molar-refractivity contribution is -0.229. The van der Waals surface area contributed by atoms with Gasteiger partial charge in [0.15, 0.2) is 16.6 Å². The van der Waals surface area contributed by atoms with Crippen molar-refractivity contribution in [2.24, 2.45) is 0 Å². The first-order chi connectivity index (χ1) is 12.3. The van der Waals surface area contributed by atoms with Gasteiger partial charge in [-0.15, -0.1) is 0 Å². The lowest BCUT2D eigenvalue weighted by Gasteiger charge is -2.51. The number of alkyl halides is 1. The van der Waals surface area contributed by atoms with Gasteiger partial charge in [-0.25, -0.2) is 0 Å². The molecule has 1 heterocycles. The van der Waals surface area contributed by atoms with Crippen molar-refractivity contribution >= 4 is 45.2 Å². The molecule has 0 aromatic rings. The molecule has 0 spiro atoms. The van der Waals surface area contributed by atoms with Crippen LogP contribution in [0.2, 0.25) is 36.3 Å². The predicted octanol–water partition coefficient (Wildman–Crippen LogP) is 5.88. The van der Waals surface area contributed by atoms with Crippen molar-refractivity contribution in [1.82, 2.24) is 0 Å². The number of hydrogen-bond donors (Lipinski definition) is 0. The minimum atomic E-state index is -2.06. The molecule has 0 amide bonds. The topological polar surface area (TPSA) is 54.0 Å². The van der Waals surface area contributed by atoms with Crippen LogP contribution >= 0.6 is 22.6 Å². The van der Waals surface area contributed by atoms with Gasteiger partial charge in [0.2, 0.25) is 6.29 Å². The second-order valence-electron chi connectivity index (χ2n) is 10.9. The second-order valence-corrected chi connectivity index (χ2v) is 21.9. The number of carbonyl (C=O) groups is 1. The van der Waals surface area contributed by atoms with E-state index in [0.29, 0.717) is 0 Å². The molecule has 166 valence electrons. The normalized spacial score (nSPS) is 30.2. The predicted molar refractivity (Wildman–Crippen MR) is 128 cm³/mol. The summed E-state index contributed by atoms with van der Waals surface area (Å²) in [6.45, 7) is 25.8. The number of carbonyl (C=O) groups excluding carboxylic acids is 1. The van der Waals surface area contributed by atoms with E-state index < -0.39 is 22.9 Å². The third-order valence-corrected chi connectivity index (χ3v) is 16.7.